The van der Waals surface area contributed by atoms with Crippen molar-refractivity contribution < 1.29 is 23.9 Å². The number of nitrogens with zero attached hydrogens (tertiary/aromatic N) is 2. The molecule has 2 aromatic carbocycles. The largest absolute Gasteiger partial charge is 0.478 e. The Bertz CT molecular complexity index is 1210. The van der Waals surface area contributed by atoms with Gasteiger partial charge in [-0.1, -0.05) is 23.9 Å². The highest BCUT2D eigenvalue weighted by atomic mass is 32.2. The fourth-order valence-corrected chi connectivity index (χ4v) is 4.92. The van der Waals surface area contributed by atoms with Crippen molar-refractivity contribution in [2.45, 2.75) is 18.2 Å². The van der Waals surface area contributed by atoms with Crippen LogP contribution in [0.5, 0.6) is 0 Å². The fraction of sp³-hybridized carbons (Fsp3) is 0.130. The number of benzene rings is 2. The van der Waals surface area contributed by atoms with Gasteiger partial charge in [-0.05, 0) is 53.9 Å². The lowest BCUT2D eigenvalue weighted by atomic mass is 10.2. The maximum atomic E-state index is 13.3. The van der Waals surface area contributed by atoms with E-state index >= 15 is 0 Å². The SMILES string of the molecule is O=C(O)c1cccc(NC(=O)[C@@H]2CC(=O)N(Cc3cccs3)C(=Nc3ccc(F)cc3)S2)c1. The van der Waals surface area contributed by atoms with Crippen LogP contribution in [0.15, 0.2) is 71.0 Å². The molecule has 33 heavy (non-hydrogen) atoms. The monoisotopic (exact) mass is 483 g/mol. The Morgan fingerprint density at radius 1 is 1.15 bits per heavy atom. The van der Waals surface area contributed by atoms with Crippen LogP contribution in [0, 0.1) is 5.82 Å². The number of aromatic carboxylic acids is 1. The van der Waals surface area contributed by atoms with E-state index in [4.69, 9.17) is 5.11 Å². The van der Waals surface area contributed by atoms with Gasteiger partial charge in [0.05, 0.1) is 17.8 Å². The lowest BCUT2D eigenvalue weighted by molar-refractivity contribution is -0.129. The molecule has 3 aromatic rings. The van der Waals surface area contributed by atoms with Crippen molar-refractivity contribution in [3.8, 4) is 0 Å². The molecular formula is C23H18FN3O4S2. The zero-order chi connectivity index (χ0) is 23.4. The van der Waals surface area contributed by atoms with E-state index in [1.54, 1.807) is 6.07 Å². The van der Waals surface area contributed by atoms with Crippen LogP contribution in [-0.4, -0.2) is 38.2 Å². The van der Waals surface area contributed by atoms with E-state index in [9.17, 15) is 18.8 Å². The number of amides is 2. The van der Waals surface area contributed by atoms with E-state index in [1.165, 1.54) is 58.7 Å². The molecule has 0 spiro atoms. The maximum Gasteiger partial charge on any atom is 0.335 e. The molecule has 2 heterocycles. The summed E-state index contributed by atoms with van der Waals surface area (Å²) in [7, 11) is 0. The van der Waals surface area contributed by atoms with Gasteiger partial charge in [0, 0.05) is 17.0 Å². The van der Waals surface area contributed by atoms with Crippen molar-refractivity contribution in [1.29, 1.82) is 0 Å². The number of thioether (sulfide) groups is 1. The van der Waals surface area contributed by atoms with Gasteiger partial charge < -0.3 is 10.4 Å². The first-order chi connectivity index (χ1) is 15.9. The Morgan fingerprint density at radius 2 is 1.94 bits per heavy atom. The molecule has 0 saturated carbocycles. The highest BCUT2D eigenvalue weighted by molar-refractivity contribution is 8.15. The molecule has 0 aliphatic carbocycles. The van der Waals surface area contributed by atoms with E-state index in [0.29, 0.717) is 23.1 Å². The minimum atomic E-state index is -1.11. The number of carboxylic acid groups (broad SMARTS) is 1. The van der Waals surface area contributed by atoms with Crippen LogP contribution < -0.4 is 5.32 Å². The number of amidine groups is 1. The Kier molecular flexibility index (Phi) is 6.85. The second-order valence-electron chi connectivity index (χ2n) is 7.12. The van der Waals surface area contributed by atoms with Gasteiger partial charge in [0.15, 0.2) is 5.17 Å². The predicted octanol–water partition coefficient (Wildman–Crippen LogP) is 4.75. The Morgan fingerprint density at radius 3 is 2.64 bits per heavy atom. The number of thiophene rings is 1. The topological polar surface area (TPSA) is 99.1 Å². The molecule has 1 fully saturated rings. The van der Waals surface area contributed by atoms with E-state index in [2.05, 4.69) is 10.3 Å². The fourth-order valence-electron chi connectivity index (χ4n) is 3.13. The van der Waals surface area contributed by atoms with Gasteiger partial charge in [0.1, 0.15) is 11.1 Å². The second-order valence-corrected chi connectivity index (χ2v) is 9.32. The first kappa shape index (κ1) is 22.7. The molecule has 1 atom stereocenters. The first-order valence-electron chi connectivity index (χ1n) is 9.87. The number of nitrogens with one attached hydrogen (secondary N) is 1. The van der Waals surface area contributed by atoms with Crippen molar-refractivity contribution in [1.82, 2.24) is 4.90 Å². The number of carbonyl (C=O) groups excluding carboxylic acids is 2. The summed E-state index contributed by atoms with van der Waals surface area (Å²) in [6.07, 6.45) is -0.0388. The zero-order valence-electron chi connectivity index (χ0n) is 17.1. The van der Waals surface area contributed by atoms with Gasteiger partial charge >= 0.3 is 5.97 Å². The van der Waals surface area contributed by atoms with Gasteiger partial charge in [0.25, 0.3) is 0 Å². The molecule has 1 aliphatic heterocycles. The van der Waals surface area contributed by atoms with Crippen molar-refractivity contribution in [2.24, 2.45) is 4.99 Å². The third kappa shape index (κ3) is 5.65. The number of aliphatic imine (C=N–C) groups is 1. The minimum absolute atomic E-state index is 0.0388. The van der Waals surface area contributed by atoms with Gasteiger partial charge in [-0.3, -0.25) is 14.5 Å². The standard InChI is InChI=1S/C23H18FN3O4S2/c24-15-6-8-16(9-7-15)26-23-27(13-18-5-2-10-32-18)20(28)12-19(33-23)21(29)25-17-4-1-3-14(11-17)22(30)31/h1-11,19H,12-13H2,(H,25,29)(H,30,31)/t19-/m0/s1. The molecule has 0 bridgehead atoms. The molecule has 1 saturated heterocycles. The Hall–Kier alpha value is -3.50. The predicted molar refractivity (Wildman–Crippen MR) is 126 cm³/mol. The number of hydrogen-bond acceptors (Lipinski definition) is 6. The molecule has 10 heteroatoms. The third-order valence-electron chi connectivity index (χ3n) is 4.75. The second kappa shape index (κ2) is 9.97. The van der Waals surface area contributed by atoms with Crippen molar-refractivity contribution in [3.63, 3.8) is 0 Å². The molecule has 0 radical (unpaired) electrons. The zero-order valence-corrected chi connectivity index (χ0v) is 18.7. The quantitative estimate of drug-likeness (QED) is 0.527. The average molecular weight is 484 g/mol. The lowest BCUT2D eigenvalue weighted by Crippen LogP contribution is -2.44. The summed E-state index contributed by atoms with van der Waals surface area (Å²) >= 11 is 2.65. The molecule has 2 N–H and O–H groups in total. The van der Waals surface area contributed by atoms with Crippen LogP contribution in [0.1, 0.15) is 21.7 Å². The summed E-state index contributed by atoms with van der Waals surface area (Å²) in [6.45, 7) is 0.318. The first-order valence-corrected chi connectivity index (χ1v) is 11.6. The minimum Gasteiger partial charge on any atom is -0.478 e. The molecule has 1 aromatic heterocycles. The van der Waals surface area contributed by atoms with Gasteiger partial charge in [-0.15, -0.1) is 11.3 Å². The van der Waals surface area contributed by atoms with Crippen LogP contribution >= 0.6 is 23.1 Å². The Balaban J connectivity index is 1.58. The average Bonchev–Trinajstić information content (AvgIpc) is 3.31. The molecule has 1 aliphatic rings. The van der Waals surface area contributed by atoms with Crippen LogP contribution in [-0.2, 0) is 16.1 Å². The lowest BCUT2D eigenvalue weighted by Gasteiger charge is -2.31. The molecule has 7 nitrogen and oxygen atoms in total. The van der Waals surface area contributed by atoms with Crippen LogP contribution in [0.25, 0.3) is 0 Å². The summed E-state index contributed by atoms with van der Waals surface area (Å²) in [6, 6.07) is 15.2. The number of carbonyl (C=O) groups is 3. The van der Waals surface area contributed by atoms with Gasteiger partial charge in [0.2, 0.25) is 11.8 Å². The van der Waals surface area contributed by atoms with E-state index < -0.39 is 22.9 Å². The van der Waals surface area contributed by atoms with E-state index in [1.807, 2.05) is 17.5 Å². The van der Waals surface area contributed by atoms with Crippen molar-refractivity contribution in [2.75, 3.05) is 5.32 Å². The number of rotatable bonds is 6. The van der Waals surface area contributed by atoms with Gasteiger partial charge in [-0.2, -0.15) is 0 Å². The van der Waals surface area contributed by atoms with E-state index in [-0.39, 0.29) is 17.9 Å². The number of halogens is 1. The smallest absolute Gasteiger partial charge is 0.335 e. The highest BCUT2D eigenvalue weighted by Crippen LogP contribution is 2.31. The van der Waals surface area contributed by atoms with Crippen LogP contribution in [0.2, 0.25) is 0 Å². The van der Waals surface area contributed by atoms with Crippen molar-refractivity contribution >= 4 is 57.4 Å². The summed E-state index contributed by atoms with van der Waals surface area (Å²) in [5.74, 6) is -2.20. The number of anilines is 1. The number of hydrogen-bond donors (Lipinski definition) is 2. The molecular weight excluding hydrogens is 465 g/mol. The van der Waals surface area contributed by atoms with Crippen LogP contribution in [0.4, 0.5) is 15.8 Å². The van der Waals surface area contributed by atoms with Crippen molar-refractivity contribution in [3.05, 3.63) is 82.3 Å². The summed E-state index contributed by atoms with van der Waals surface area (Å²) in [4.78, 5) is 44.1. The highest BCUT2D eigenvalue weighted by Gasteiger charge is 2.36. The summed E-state index contributed by atoms with van der Waals surface area (Å²) < 4.78 is 13.3. The summed E-state index contributed by atoms with van der Waals surface area (Å²) in [5, 5.41) is 13.3. The molecule has 4 rings (SSSR count). The number of carboxylic acids is 1. The molecule has 0 unspecified atom stereocenters. The van der Waals surface area contributed by atoms with Gasteiger partial charge in [-0.25, -0.2) is 14.2 Å². The third-order valence-corrected chi connectivity index (χ3v) is 6.80. The molecule has 2 amide bonds. The molecule has 168 valence electrons. The van der Waals surface area contributed by atoms with E-state index in [0.717, 1.165) is 16.6 Å². The maximum absolute atomic E-state index is 13.3. The normalized spacial score (nSPS) is 17.2. The summed E-state index contributed by atoms with van der Waals surface area (Å²) in [5.41, 5.74) is 0.824. The Labute approximate surface area is 197 Å². The van der Waals surface area contributed by atoms with Crippen LogP contribution in [0.3, 0.4) is 0 Å².